The number of furan rings is 1. The Morgan fingerprint density at radius 1 is 0.897 bits per heavy atom. The highest BCUT2D eigenvalue weighted by molar-refractivity contribution is 5.92. The van der Waals surface area contributed by atoms with E-state index in [1.54, 1.807) is 30.5 Å². The molecule has 0 spiro atoms. The number of anilines is 2. The molecule has 0 saturated heterocycles. The summed E-state index contributed by atoms with van der Waals surface area (Å²) in [5.74, 6) is 2.22. The lowest BCUT2D eigenvalue weighted by Gasteiger charge is -2.12. The van der Waals surface area contributed by atoms with Gasteiger partial charge in [-0.25, -0.2) is 0 Å². The molecule has 0 fully saturated rings. The number of rotatable bonds is 7. The van der Waals surface area contributed by atoms with E-state index in [1.165, 1.54) is 0 Å². The molecule has 2 heterocycles. The number of hydrogen-bond donors (Lipinski definition) is 2. The molecule has 0 aliphatic heterocycles. The molecule has 2 N–H and O–H groups in total. The molecule has 2 aromatic heterocycles. The predicted molar refractivity (Wildman–Crippen MR) is 108 cm³/mol. The summed E-state index contributed by atoms with van der Waals surface area (Å²) in [5.41, 5.74) is 0.955. The van der Waals surface area contributed by atoms with Gasteiger partial charge in [0.1, 0.15) is 11.5 Å². The van der Waals surface area contributed by atoms with Crippen molar-refractivity contribution >= 4 is 17.4 Å². The Morgan fingerprint density at radius 3 is 2.48 bits per heavy atom. The molecule has 2 aromatic carbocycles. The Kier molecular flexibility index (Phi) is 5.48. The van der Waals surface area contributed by atoms with Gasteiger partial charge < -0.3 is 19.8 Å². The molecule has 0 bridgehead atoms. The first kappa shape index (κ1) is 18.2. The van der Waals surface area contributed by atoms with Gasteiger partial charge in [0.2, 0.25) is 0 Å². The Bertz CT molecular complexity index is 1060. The Balaban J connectivity index is 1.42. The molecule has 0 radical (unpaired) electrons. The van der Waals surface area contributed by atoms with E-state index in [4.69, 9.17) is 9.15 Å². The topological polar surface area (TPSA) is 89.3 Å². The second-order valence-electron chi connectivity index (χ2n) is 6.10. The van der Waals surface area contributed by atoms with Crippen molar-refractivity contribution in [3.05, 3.63) is 96.6 Å². The molecule has 4 rings (SSSR count). The lowest BCUT2D eigenvalue weighted by Crippen LogP contribution is -2.23. The zero-order valence-corrected chi connectivity index (χ0v) is 15.4. The minimum atomic E-state index is -0.326. The fourth-order valence-corrected chi connectivity index (χ4v) is 2.60. The van der Waals surface area contributed by atoms with Crippen molar-refractivity contribution in [2.45, 2.75) is 6.54 Å². The Hall–Kier alpha value is -4.13. The number of aromatic nitrogens is 2. The molecule has 4 aromatic rings. The Labute approximate surface area is 167 Å². The third-order valence-corrected chi connectivity index (χ3v) is 4.02. The van der Waals surface area contributed by atoms with E-state index in [2.05, 4.69) is 20.8 Å². The van der Waals surface area contributed by atoms with Crippen molar-refractivity contribution in [2.75, 3.05) is 5.32 Å². The normalized spacial score (nSPS) is 10.3. The Morgan fingerprint density at radius 2 is 1.72 bits per heavy atom. The lowest BCUT2D eigenvalue weighted by atomic mass is 10.2. The molecule has 7 heteroatoms. The number of nitrogens with one attached hydrogen (secondary N) is 2. The maximum atomic E-state index is 12.2. The van der Waals surface area contributed by atoms with E-state index in [0.29, 0.717) is 17.3 Å². The molecular weight excluding hydrogens is 368 g/mol. The molecule has 144 valence electrons. The van der Waals surface area contributed by atoms with Crippen LogP contribution in [0.25, 0.3) is 0 Å². The van der Waals surface area contributed by atoms with Crippen LogP contribution in [-0.2, 0) is 6.54 Å². The molecule has 0 atom stereocenters. The van der Waals surface area contributed by atoms with Gasteiger partial charge in [-0.2, -0.15) is 0 Å². The largest absolute Gasteiger partial charge is 0.467 e. The van der Waals surface area contributed by atoms with Gasteiger partial charge in [0.05, 0.1) is 18.5 Å². The van der Waals surface area contributed by atoms with Gasteiger partial charge in [0.25, 0.3) is 5.91 Å². The lowest BCUT2D eigenvalue weighted by molar-refractivity contribution is 0.0942. The predicted octanol–water partition coefficient (Wildman–Crippen LogP) is 4.54. The van der Waals surface area contributed by atoms with E-state index in [0.717, 1.165) is 11.4 Å². The molecule has 0 aliphatic carbocycles. The van der Waals surface area contributed by atoms with Crippen LogP contribution in [0.1, 0.15) is 16.2 Å². The number of amides is 1. The van der Waals surface area contributed by atoms with Crippen molar-refractivity contribution < 1.29 is 13.9 Å². The summed E-state index contributed by atoms with van der Waals surface area (Å²) in [4.78, 5) is 12.2. The molecule has 0 saturated carbocycles. The molecule has 29 heavy (non-hydrogen) atoms. The summed E-state index contributed by atoms with van der Waals surface area (Å²) in [6.45, 7) is 0.289. The first-order valence-electron chi connectivity index (χ1n) is 9.01. The van der Waals surface area contributed by atoms with Crippen LogP contribution in [-0.4, -0.2) is 16.1 Å². The van der Waals surface area contributed by atoms with Gasteiger partial charge in [-0.15, -0.1) is 10.2 Å². The summed E-state index contributed by atoms with van der Waals surface area (Å²) in [7, 11) is 0. The highest BCUT2D eigenvalue weighted by Gasteiger charge is 2.10. The maximum absolute atomic E-state index is 12.2. The van der Waals surface area contributed by atoms with Crippen LogP contribution < -0.4 is 15.4 Å². The first-order valence-corrected chi connectivity index (χ1v) is 9.01. The minimum absolute atomic E-state index is 0.218. The van der Waals surface area contributed by atoms with Gasteiger partial charge in [0.15, 0.2) is 17.3 Å². The van der Waals surface area contributed by atoms with Crippen molar-refractivity contribution in [1.29, 1.82) is 0 Å². The first-order chi connectivity index (χ1) is 14.3. The van der Waals surface area contributed by atoms with Gasteiger partial charge in [-0.1, -0.05) is 30.3 Å². The highest BCUT2D eigenvalue weighted by Crippen LogP contribution is 2.30. The van der Waals surface area contributed by atoms with Crippen LogP contribution in [0.2, 0.25) is 0 Å². The average molecular weight is 386 g/mol. The van der Waals surface area contributed by atoms with E-state index in [9.17, 15) is 4.79 Å². The number of carbonyl (C=O) groups is 1. The zero-order chi connectivity index (χ0) is 19.9. The fraction of sp³-hybridized carbons (Fsp3) is 0.0455. The van der Waals surface area contributed by atoms with E-state index < -0.39 is 0 Å². The van der Waals surface area contributed by atoms with Crippen molar-refractivity contribution in [3.8, 4) is 11.5 Å². The molecule has 7 nitrogen and oxygen atoms in total. The summed E-state index contributed by atoms with van der Waals surface area (Å²) < 4.78 is 11.1. The quantitative estimate of drug-likeness (QED) is 0.485. The number of nitrogens with zero attached hydrogens (tertiary/aromatic N) is 2. The van der Waals surface area contributed by atoms with Crippen molar-refractivity contribution in [3.63, 3.8) is 0 Å². The number of benzene rings is 2. The molecule has 0 unspecified atom stereocenters. The second kappa shape index (κ2) is 8.71. The second-order valence-corrected chi connectivity index (χ2v) is 6.10. The van der Waals surface area contributed by atoms with Crippen LogP contribution >= 0.6 is 0 Å². The summed E-state index contributed by atoms with van der Waals surface area (Å²) in [5, 5.41) is 14.0. The van der Waals surface area contributed by atoms with Crippen molar-refractivity contribution in [2.24, 2.45) is 0 Å². The third-order valence-electron chi connectivity index (χ3n) is 4.02. The average Bonchev–Trinajstić information content (AvgIpc) is 3.28. The summed E-state index contributed by atoms with van der Waals surface area (Å²) >= 11 is 0. The van der Waals surface area contributed by atoms with E-state index in [1.807, 2.05) is 54.6 Å². The number of carbonyl (C=O) groups excluding carboxylic acids is 1. The summed E-state index contributed by atoms with van der Waals surface area (Å²) in [6.07, 6.45) is 1.56. The maximum Gasteiger partial charge on any atom is 0.272 e. The standard InChI is InChI=1S/C22H18N4O3/c27-22(23-15-17-9-6-14-28-17)19-12-13-21(26-25-19)24-18-10-4-5-11-20(18)29-16-7-2-1-3-8-16/h1-14H,15H2,(H,23,27)(H,24,26). The van der Waals surface area contributed by atoms with Crippen LogP contribution in [0, 0.1) is 0 Å². The van der Waals surface area contributed by atoms with Crippen LogP contribution in [0.3, 0.4) is 0 Å². The molecule has 0 aliphatic rings. The van der Waals surface area contributed by atoms with Crippen LogP contribution in [0.5, 0.6) is 11.5 Å². The monoisotopic (exact) mass is 386 g/mol. The highest BCUT2D eigenvalue weighted by atomic mass is 16.5. The third kappa shape index (κ3) is 4.78. The minimum Gasteiger partial charge on any atom is -0.467 e. The zero-order valence-electron chi connectivity index (χ0n) is 15.4. The molecular formula is C22H18N4O3. The molecule has 1 amide bonds. The number of ether oxygens (including phenoxy) is 1. The van der Waals surface area contributed by atoms with Crippen molar-refractivity contribution in [1.82, 2.24) is 15.5 Å². The van der Waals surface area contributed by atoms with Gasteiger partial charge >= 0.3 is 0 Å². The van der Waals surface area contributed by atoms with E-state index >= 15 is 0 Å². The number of hydrogen-bond acceptors (Lipinski definition) is 6. The fourth-order valence-electron chi connectivity index (χ4n) is 2.60. The SMILES string of the molecule is O=C(NCc1ccco1)c1ccc(Nc2ccccc2Oc2ccccc2)nn1. The summed E-state index contributed by atoms with van der Waals surface area (Å²) in [6, 6.07) is 23.9. The van der Waals surface area contributed by atoms with E-state index in [-0.39, 0.29) is 18.1 Å². The van der Waals surface area contributed by atoms with Gasteiger partial charge in [0, 0.05) is 0 Å². The van der Waals surface area contributed by atoms with Gasteiger partial charge in [-0.05, 0) is 48.5 Å². The van der Waals surface area contributed by atoms with Gasteiger partial charge in [-0.3, -0.25) is 4.79 Å². The van der Waals surface area contributed by atoms with Crippen LogP contribution in [0.15, 0.2) is 89.5 Å². The smallest absolute Gasteiger partial charge is 0.272 e. The number of para-hydroxylation sites is 3. The van der Waals surface area contributed by atoms with Crippen LogP contribution in [0.4, 0.5) is 11.5 Å².